The molecule has 0 radical (unpaired) electrons. The third-order valence-electron chi connectivity index (χ3n) is 9.89. The standard InChI is InChI=1S/C29H37F2N3OS.C2HF3O2/c30-26(31)27-33-23-12-7-14-29(25(23)36-27)18-32-17-22(29)28(35)34-15-13-21(19-8-3-1-4-9-19)16-24(34)20-10-5-2-6-11-20;3-2(4,5)1(6)7/h1,3-4,8-9,20-22,24,26,32H,2,5-7,10-18H2;(H,6,7)/t21-,22?,24+,29-;/m1./s1. The second-order valence-electron chi connectivity index (χ2n) is 12.3. The minimum Gasteiger partial charge on any atom is -0.542 e. The summed E-state index contributed by atoms with van der Waals surface area (Å²) < 4.78 is 58.7. The number of hydrogen-bond acceptors (Lipinski definition) is 5. The van der Waals surface area contributed by atoms with E-state index in [1.807, 2.05) is 0 Å². The monoisotopic (exact) mass is 627 g/mol. The summed E-state index contributed by atoms with van der Waals surface area (Å²) in [6, 6.07) is 11.1. The highest BCUT2D eigenvalue weighted by Crippen LogP contribution is 2.49. The number of carboxylic acids is 1. The van der Waals surface area contributed by atoms with Gasteiger partial charge in [0.15, 0.2) is 5.01 Å². The number of carboxylic acid groups (broad SMARTS) is 1. The van der Waals surface area contributed by atoms with Gasteiger partial charge in [0.05, 0.1) is 24.2 Å². The number of aryl methyl sites for hydroxylation is 1. The second-order valence-corrected chi connectivity index (χ2v) is 13.4. The number of halogens is 5. The largest absolute Gasteiger partial charge is 0.542 e. The van der Waals surface area contributed by atoms with Crippen LogP contribution in [0, 0.1) is 11.8 Å². The maximum atomic E-state index is 14.5. The number of aromatic nitrogens is 1. The van der Waals surface area contributed by atoms with E-state index in [1.165, 1.54) is 49.0 Å². The zero-order valence-electron chi connectivity index (χ0n) is 24.0. The third-order valence-corrected chi connectivity index (χ3v) is 11.2. The van der Waals surface area contributed by atoms with Gasteiger partial charge in [-0.1, -0.05) is 49.6 Å². The van der Waals surface area contributed by atoms with Crippen molar-refractivity contribution in [3.63, 3.8) is 0 Å². The van der Waals surface area contributed by atoms with Crippen LogP contribution in [0.1, 0.15) is 91.3 Å². The number of aliphatic carboxylic acids is 1. The number of quaternary nitrogens is 1. The Morgan fingerprint density at radius 3 is 2.42 bits per heavy atom. The van der Waals surface area contributed by atoms with Crippen LogP contribution in [0.4, 0.5) is 22.0 Å². The van der Waals surface area contributed by atoms with Crippen LogP contribution in [-0.4, -0.2) is 53.6 Å². The lowest BCUT2D eigenvalue weighted by molar-refractivity contribution is -0.640. The Bertz CT molecular complexity index is 1270. The van der Waals surface area contributed by atoms with Gasteiger partial charge in [-0.3, -0.25) is 4.79 Å². The van der Waals surface area contributed by atoms with Crippen molar-refractivity contribution in [2.45, 2.75) is 94.2 Å². The molecule has 6 rings (SSSR count). The Morgan fingerprint density at radius 2 is 1.77 bits per heavy atom. The molecule has 1 unspecified atom stereocenters. The van der Waals surface area contributed by atoms with E-state index in [0.29, 0.717) is 11.8 Å². The van der Waals surface area contributed by atoms with E-state index in [2.05, 4.69) is 45.5 Å². The fourth-order valence-corrected chi connectivity index (χ4v) is 9.16. The smallest absolute Gasteiger partial charge is 0.430 e. The van der Waals surface area contributed by atoms with E-state index >= 15 is 0 Å². The Balaban J connectivity index is 0.000000472. The number of likely N-dealkylation sites (tertiary alicyclic amines) is 1. The van der Waals surface area contributed by atoms with Gasteiger partial charge in [0.1, 0.15) is 11.9 Å². The van der Waals surface area contributed by atoms with Crippen molar-refractivity contribution in [1.29, 1.82) is 0 Å². The van der Waals surface area contributed by atoms with E-state index < -0.39 is 18.6 Å². The molecule has 1 saturated carbocycles. The number of carbonyl (C=O) groups is 2. The van der Waals surface area contributed by atoms with Gasteiger partial charge in [-0.15, -0.1) is 11.3 Å². The van der Waals surface area contributed by atoms with Crippen LogP contribution in [0.5, 0.6) is 0 Å². The zero-order valence-corrected chi connectivity index (χ0v) is 24.8. The minimum absolute atomic E-state index is 0.0665. The lowest BCUT2D eigenvalue weighted by Gasteiger charge is -2.47. The number of thiazole rings is 1. The summed E-state index contributed by atoms with van der Waals surface area (Å²) in [5.41, 5.74) is 1.90. The number of rotatable bonds is 4. The van der Waals surface area contributed by atoms with E-state index in [1.54, 1.807) is 0 Å². The van der Waals surface area contributed by atoms with Crippen LogP contribution >= 0.6 is 11.3 Å². The maximum Gasteiger partial charge on any atom is 0.430 e. The van der Waals surface area contributed by atoms with Crippen LogP contribution in [0.2, 0.25) is 0 Å². The molecular weight excluding hydrogens is 589 g/mol. The SMILES string of the molecule is O=C(C1C[NH2+]C[C@]12CCCc1nc(C(F)F)sc12)N1CC[C@@H](c2ccccc2)C[C@H]1C1CCCCC1.O=C([O-])C(F)(F)F. The quantitative estimate of drug-likeness (QED) is 0.506. The van der Waals surface area contributed by atoms with Gasteiger partial charge < -0.3 is 20.1 Å². The van der Waals surface area contributed by atoms with Crippen LogP contribution < -0.4 is 10.4 Å². The minimum atomic E-state index is -5.19. The molecule has 1 amide bonds. The lowest BCUT2D eigenvalue weighted by atomic mass is 9.68. The van der Waals surface area contributed by atoms with Crippen molar-refractivity contribution in [1.82, 2.24) is 9.88 Å². The normalized spacial score (nSPS) is 28.0. The fourth-order valence-electron chi connectivity index (χ4n) is 7.91. The molecular formula is C31H38F5N3O3S. The fraction of sp³-hybridized carbons (Fsp3) is 0.645. The van der Waals surface area contributed by atoms with Crippen LogP contribution in [0.3, 0.4) is 0 Å². The molecule has 2 aliphatic heterocycles. The molecule has 2 aliphatic carbocycles. The summed E-state index contributed by atoms with van der Waals surface area (Å²) in [5.74, 6) is -1.78. The number of hydrogen-bond donors (Lipinski definition) is 1. The van der Waals surface area contributed by atoms with Gasteiger partial charge in [-0.2, -0.15) is 13.2 Å². The van der Waals surface area contributed by atoms with Crippen molar-refractivity contribution in [2.24, 2.45) is 11.8 Å². The van der Waals surface area contributed by atoms with E-state index in [0.717, 1.165) is 62.3 Å². The number of amides is 1. The highest BCUT2D eigenvalue weighted by Gasteiger charge is 2.56. The Labute approximate surface area is 252 Å². The highest BCUT2D eigenvalue weighted by atomic mass is 32.1. The first kappa shape index (κ1) is 31.8. The predicted molar refractivity (Wildman–Crippen MR) is 148 cm³/mol. The van der Waals surface area contributed by atoms with Crippen molar-refractivity contribution in [3.8, 4) is 0 Å². The first-order chi connectivity index (χ1) is 20.5. The molecule has 236 valence electrons. The highest BCUT2D eigenvalue weighted by molar-refractivity contribution is 7.12. The number of fused-ring (bicyclic) bond motifs is 2. The molecule has 43 heavy (non-hydrogen) atoms. The average Bonchev–Trinajstić information content (AvgIpc) is 3.64. The summed E-state index contributed by atoms with van der Waals surface area (Å²) in [6.45, 7) is 2.38. The molecule has 4 atom stereocenters. The van der Waals surface area contributed by atoms with Gasteiger partial charge >= 0.3 is 6.18 Å². The molecule has 6 nitrogen and oxygen atoms in total. The number of benzene rings is 1. The summed E-state index contributed by atoms with van der Waals surface area (Å²) in [7, 11) is 0. The Kier molecular flexibility index (Phi) is 9.75. The average molecular weight is 628 g/mol. The van der Waals surface area contributed by atoms with Crippen LogP contribution in [0.15, 0.2) is 30.3 Å². The van der Waals surface area contributed by atoms with E-state index in [9.17, 15) is 26.7 Å². The molecule has 2 aromatic rings. The van der Waals surface area contributed by atoms with Gasteiger partial charge in [-0.05, 0) is 62.3 Å². The number of alkyl halides is 5. The third kappa shape index (κ3) is 6.74. The molecule has 12 heteroatoms. The van der Waals surface area contributed by atoms with Crippen molar-refractivity contribution < 1.29 is 42.0 Å². The predicted octanol–water partition coefficient (Wildman–Crippen LogP) is 4.50. The van der Waals surface area contributed by atoms with Gasteiger partial charge in [0.25, 0.3) is 6.43 Å². The van der Waals surface area contributed by atoms with Crippen LogP contribution in [-0.2, 0) is 21.4 Å². The molecule has 1 spiro atoms. The number of piperidine rings is 1. The van der Waals surface area contributed by atoms with Crippen molar-refractivity contribution in [3.05, 3.63) is 51.5 Å². The Hall–Kier alpha value is -2.60. The zero-order chi connectivity index (χ0) is 30.8. The summed E-state index contributed by atoms with van der Waals surface area (Å²) in [4.78, 5) is 30.8. The molecule has 3 heterocycles. The summed E-state index contributed by atoms with van der Waals surface area (Å²) in [5, 5.41) is 11.0. The van der Waals surface area contributed by atoms with Crippen molar-refractivity contribution in [2.75, 3.05) is 19.6 Å². The summed E-state index contributed by atoms with van der Waals surface area (Å²) in [6.07, 6.45) is 3.19. The van der Waals surface area contributed by atoms with E-state index in [-0.39, 0.29) is 28.3 Å². The van der Waals surface area contributed by atoms with E-state index in [4.69, 9.17) is 9.90 Å². The molecule has 0 bridgehead atoms. The first-order valence-corrected chi connectivity index (χ1v) is 16.1. The molecule has 4 aliphatic rings. The molecule has 3 fully saturated rings. The second kappa shape index (κ2) is 13.2. The van der Waals surface area contributed by atoms with Gasteiger partial charge in [-0.25, -0.2) is 13.8 Å². The maximum absolute atomic E-state index is 14.5. The van der Waals surface area contributed by atoms with Crippen LogP contribution in [0.25, 0.3) is 0 Å². The van der Waals surface area contributed by atoms with Crippen molar-refractivity contribution >= 4 is 23.2 Å². The number of carbonyl (C=O) groups excluding carboxylic acids is 2. The molecule has 2 N–H and O–H groups in total. The first-order valence-electron chi connectivity index (χ1n) is 15.2. The summed E-state index contributed by atoms with van der Waals surface area (Å²) >= 11 is 1.18. The number of nitrogens with zero attached hydrogens (tertiary/aromatic N) is 2. The lowest BCUT2D eigenvalue weighted by Crippen LogP contribution is -2.82. The van der Waals surface area contributed by atoms with Gasteiger partial charge in [0.2, 0.25) is 5.91 Å². The Morgan fingerprint density at radius 1 is 1.07 bits per heavy atom. The molecule has 1 aromatic heterocycles. The molecule has 2 saturated heterocycles. The molecule has 1 aromatic carbocycles. The topological polar surface area (TPSA) is 89.9 Å². The number of nitrogens with two attached hydrogens (primary N) is 1. The van der Waals surface area contributed by atoms with Gasteiger partial charge in [0, 0.05) is 17.5 Å².